The number of hydrogen-bond acceptors (Lipinski definition) is 4. The maximum atomic E-state index is 12.6. The Bertz CT molecular complexity index is 1010. The van der Waals surface area contributed by atoms with Gasteiger partial charge >= 0.3 is 0 Å². The van der Waals surface area contributed by atoms with Crippen LogP contribution >= 0.6 is 11.6 Å². The Morgan fingerprint density at radius 1 is 1.10 bits per heavy atom. The molecule has 0 atom stereocenters. The van der Waals surface area contributed by atoms with Crippen LogP contribution in [0.2, 0.25) is 5.02 Å². The molecule has 1 amide bonds. The second-order valence-corrected chi connectivity index (χ2v) is 7.84. The van der Waals surface area contributed by atoms with E-state index in [1.807, 2.05) is 18.2 Å². The topological polar surface area (TPSA) is 57.3 Å². The van der Waals surface area contributed by atoms with Crippen molar-refractivity contribution < 1.29 is 4.79 Å². The SMILES string of the molecule is Cc1ccc(CCC(=O)Nc2c(Cl)ccc3nc(N4CCNCC4)ccc23)cc1. The fraction of sp³-hybridized carbons (Fsp3) is 0.304. The highest BCUT2D eigenvalue weighted by Gasteiger charge is 2.15. The van der Waals surface area contributed by atoms with Crippen molar-refractivity contribution in [2.24, 2.45) is 0 Å². The zero-order valence-corrected chi connectivity index (χ0v) is 17.3. The Hall–Kier alpha value is -2.63. The lowest BCUT2D eigenvalue weighted by Crippen LogP contribution is -2.43. The van der Waals surface area contributed by atoms with Crippen LogP contribution in [0.3, 0.4) is 0 Å². The molecule has 1 aliphatic heterocycles. The van der Waals surface area contributed by atoms with Gasteiger partial charge in [-0.05, 0) is 43.2 Å². The third kappa shape index (κ3) is 4.69. The van der Waals surface area contributed by atoms with Crippen LogP contribution in [-0.4, -0.2) is 37.1 Å². The van der Waals surface area contributed by atoms with Gasteiger partial charge in [0.15, 0.2) is 0 Å². The Kier molecular flexibility index (Phi) is 5.97. The van der Waals surface area contributed by atoms with E-state index in [1.165, 1.54) is 5.56 Å². The van der Waals surface area contributed by atoms with Crippen LogP contribution in [0.4, 0.5) is 11.5 Å². The summed E-state index contributed by atoms with van der Waals surface area (Å²) < 4.78 is 0. The molecule has 0 aliphatic carbocycles. The quantitative estimate of drug-likeness (QED) is 0.665. The molecular weight excluding hydrogens is 384 g/mol. The molecule has 150 valence electrons. The molecule has 1 saturated heterocycles. The minimum atomic E-state index is -0.0499. The third-order valence-electron chi connectivity index (χ3n) is 5.27. The molecule has 5 nitrogen and oxygen atoms in total. The van der Waals surface area contributed by atoms with E-state index < -0.39 is 0 Å². The second kappa shape index (κ2) is 8.80. The zero-order valence-electron chi connectivity index (χ0n) is 16.5. The van der Waals surface area contributed by atoms with Crippen molar-refractivity contribution >= 4 is 39.9 Å². The summed E-state index contributed by atoms with van der Waals surface area (Å²) in [5, 5.41) is 7.74. The van der Waals surface area contributed by atoms with E-state index in [-0.39, 0.29) is 5.91 Å². The number of rotatable bonds is 5. The minimum Gasteiger partial charge on any atom is -0.354 e. The van der Waals surface area contributed by atoms with Crippen LogP contribution in [0.25, 0.3) is 10.9 Å². The van der Waals surface area contributed by atoms with E-state index in [4.69, 9.17) is 16.6 Å². The summed E-state index contributed by atoms with van der Waals surface area (Å²) in [6.07, 6.45) is 1.10. The van der Waals surface area contributed by atoms with E-state index >= 15 is 0 Å². The molecule has 2 aromatic carbocycles. The number of nitrogens with one attached hydrogen (secondary N) is 2. The van der Waals surface area contributed by atoms with Crippen LogP contribution in [0, 0.1) is 6.92 Å². The van der Waals surface area contributed by atoms with Crippen molar-refractivity contribution in [3.8, 4) is 0 Å². The highest BCUT2D eigenvalue weighted by molar-refractivity contribution is 6.35. The van der Waals surface area contributed by atoms with E-state index in [0.29, 0.717) is 23.6 Å². The Morgan fingerprint density at radius 3 is 2.62 bits per heavy atom. The first kappa shape index (κ1) is 19.7. The third-order valence-corrected chi connectivity index (χ3v) is 5.59. The molecule has 0 unspecified atom stereocenters. The lowest BCUT2D eigenvalue weighted by atomic mass is 10.1. The van der Waals surface area contributed by atoms with E-state index in [0.717, 1.165) is 48.5 Å². The molecule has 0 bridgehead atoms. The maximum absolute atomic E-state index is 12.6. The van der Waals surface area contributed by atoms with Gasteiger partial charge < -0.3 is 15.5 Å². The van der Waals surface area contributed by atoms with Crippen LogP contribution in [0.1, 0.15) is 17.5 Å². The molecule has 0 saturated carbocycles. The molecular formula is C23H25ClN4O. The molecule has 1 aliphatic rings. The number of carbonyl (C=O) groups is 1. The summed E-state index contributed by atoms with van der Waals surface area (Å²) in [6.45, 7) is 5.86. The van der Waals surface area contributed by atoms with Crippen LogP contribution in [0.5, 0.6) is 0 Å². The first-order chi connectivity index (χ1) is 14.1. The first-order valence-corrected chi connectivity index (χ1v) is 10.4. The fourth-order valence-corrected chi connectivity index (χ4v) is 3.79. The van der Waals surface area contributed by atoms with Gasteiger partial charge in [-0.25, -0.2) is 4.98 Å². The number of nitrogens with zero attached hydrogens (tertiary/aromatic N) is 2. The summed E-state index contributed by atoms with van der Waals surface area (Å²) in [4.78, 5) is 19.6. The Balaban J connectivity index is 1.50. The lowest BCUT2D eigenvalue weighted by Gasteiger charge is -2.28. The monoisotopic (exact) mass is 408 g/mol. The smallest absolute Gasteiger partial charge is 0.224 e. The number of hydrogen-bond donors (Lipinski definition) is 2. The average molecular weight is 409 g/mol. The van der Waals surface area contributed by atoms with Gasteiger partial charge in [0.25, 0.3) is 0 Å². The molecule has 2 heterocycles. The molecule has 2 N–H and O–H groups in total. The number of anilines is 2. The molecule has 1 aromatic heterocycles. The van der Waals surface area contributed by atoms with Gasteiger partial charge in [-0.15, -0.1) is 0 Å². The van der Waals surface area contributed by atoms with Gasteiger partial charge in [0.1, 0.15) is 5.82 Å². The minimum absolute atomic E-state index is 0.0499. The number of amides is 1. The average Bonchev–Trinajstić information content (AvgIpc) is 2.75. The largest absolute Gasteiger partial charge is 0.354 e. The summed E-state index contributed by atoms with van der Waals surface area (Å²) in [5.41, 5.74) is 3.84. The Labute approximate surface area is 176 Å². The van der Waals surface area contributed by atoms with Crippen molar-refractivity contribution in [1.82, 2.24) is 10.3 Å². The molecule has 4 rings (SSSR count). The molecule has 0 spiro atoms. The van der Waals surface area contributed by atoms with Gasteiger partial charge in [0.05, 0.1) is 16.2 Å². The van der Waals surface area contributed by atoms with Gasteiger partial charge in [0, 0.05) is 38.0 Å². The molecule has 29 heavy (non-hydrogen) atoms. The van der Waals surface area contributed by atoms with E-state index in [2.05, 4.69) is 46.7 Å². The predicted octanol–water partition coefficient (Wildman–Crippen LogP) is 4.18. The first-order valence-electron chi connectivity index (χ1n) is 10.0. The summed E-state index contributed by atoms with van der Waals surface area (Å²) in [6, 6.07) is 16.0. The highest BCUT2D eigenvalue weighted by Crippen LogP contribution is 2.32. The number of aryl methyl sites for hydroxylation is 2. The number of carbonyl (C=O) groups excluding carboxylic acids is 1. The summed E-state index contributed by atoms with van der Waals surface area (Å²) in [7, 11) is 0. The van der Waals surface area contributed by atoms with Crippen molar-refractivity contribution in [3.05, 3.63) is 64.7 Å². The molecule has 0 radical (unpaired) electrons. The summed E-state index contributed by atoms with van der Waals surface area (Å²) >= 11 is 6.41. The van der Waals surface area contributed by atoms with Crippen LogP contribution in [-0.2, 0) is 11.2 Å². The number of pyridine rings is 1. The Morgan fingerprint density at radius 2 is 1.86 bits per heavy atom. The fourth-order valence-electron chi connectivity index (χ4n) is 3.58. The summed E-state index contributed by atoms with van der Waals surface area (Å²) in [5.74, 6) is 0.907. The van der Waals surface area contributed by atoms with Crippen LogP contribution < -0.4 is 15.5 Å². The van der Waals surface area contributed by atoms with Gasteiger partial charge in [0.2, 0.25) is 5.91 Å². The number of aromatic nitrogens is 1. The van der Waals surface area contributed by atoms with Crippen molar-refractivity contribution in [2.45, 2.75) is 19.8 Å². The normalized spacial score (nSPS) is 14.2. The molecule has 3 aromatic rings. The number of piperazine rings is 1. The number of halogens is 1. The van der Waals surface area contributed by atoms with Gasteiger partial charge in [-0.3, -0.25) is 4.79 Å². The van der Waals surface area contributed by atoms with E-state index in [1.54, 1.807) is 6.07 Å². The molecule has 6 heteroatoms. The highest BCUT2D eigenvalue weighted by atomic mass is 35.5. The van der Waals surface area contributed by atoms with E-state index in [9.17, 15) is 4.79 Å². The van der Waals surface area contributed by atoms with Gasteiger partial charge in [-0.1, -0.05) is 41.4 Å². The zero-order chi connectivity index (χ0) is 20.2. The predicted molar refractivity (Wildman–Crippen MR) is 120 cm³/mol. The second-order valence-electron chi connectivity index (χ2n) is 7.43. The van der Waals surface area contributed by atoms with Crippen molar-refractivity contribution in [3.63, 3.8) is 0 Å². The lowest BCUT2D eigenvalue weighted by molar-refractivity contribution is -0.116. The van der Waals surface area contributed by atoms with Crippen LogP contribution in [0.15, 0.2) is 48.5 Å². The molecule has 1 fully saturated rings. The van der Waals surface area contributed by atoms with Gasteiger partial charge in [-0.2, -0.15) is 0 Å². The maximum Gasteiger partial charge on any atom is 0.224 e. The van der Waals surface area contributed by atoms with Crippen molar-refractivity contribution in [2.75, 3.05) is 36.4 Å². The standard InChI is InChI=1S/C23H25ClN4O/c1-16-2-4-17(5-3-16)6-11-22(29)27-23-18-7-10-21(28-14-12-25-13-15-28)26-20(18)9-8-19(23)24/h2-5,7-10,25H,6,11-15H2,1H3,(H,27,29). The number of fused-ring (bicyclic) bond motifs is 1. The van der Waals surface area contributed by atoms with Crippen molar-refractivity contribution in [1.29, 1.82) is 0 Å². The number of benzene rings is 2.